The van der Waals surface area contributed by atoms with Gasteiger partial charge >= 0.3 is 0 Å². The molecule has 1 saturated carbocycles. The zero-order chi connectivity index (χ0) is 20.2. The lowest BCUT2D eigenvalue weighted by Crippen LogP contribution is -2.47. The third kappa shape index (κ3) is 4.62. The molecule has 0 radical (unpaired) electrons. The van der Waals surface area contributed by atoms with Crippen LogP contribution in [0.4, 0.5) is 0 Å². The van der Waals surface area contributed by atoms with E-state index in [1.165, 1.54) is 11.9 Å². The quantitative estimate of drug-likeness (QED) is 0.642. The maximum absolute atomic E-state index is 12.8. The number of nitrogens with one attached hydrogen (secondary N) is 1. The van der Waals surface area contributed by atoms with E-state index in [1.54, 1.807) is 15.7 Å². The number of allylic oxidation sites excluding steroid dienone is 1. The maximum Gasteiger partial charge on any atom is 0.293 e. The monoisotopic (exact) mass is 391 g/mol. The predicted molar refractivity (Wildman–Crippen MR) is 109 cm³/mol. The molecular formula is C22H25N5O2. The third-order valence-electron chi connectivity index (χ3n) is 5.33. The molecule has 1 fully saturated rings. The number of para-hydroxylation sites is 1. The molecule has 29 heavy (non-hydrogen) atoms. The Morgan fingerprint density at radius 1 is 1.24 bits per heavy atom. The molecule has 7 nitrogen and oxygen atoms in total. The molecule has 1 aliphatic carbocycles. The SMILES string of the molecule is CC1CC/C(=C\C(=O)NC2C=CCN(C(=O)c3ncn(-c4ccccc4)n3)C2)C1. The molecule has 2 heterocycles. The second-order valence-corrected chi connectivity index (χ2v) is 7.75. The smallest absolute Gasteiger partial charge is 0.293 e. The maximum atomic E-state index is 12.8. The molecule has 2 atom stereocenters. The van der Waals surface area contributed by atoms with E-state index in [-0.39, 0.29) is 23.7 Å². The second kappa shape index (κ2) is 8.43. The van der Waals surface area contributed by atoms with E-state index in [0.29, 0.717) is 19.0 Å². The molecule has 1 aliphatic heterocycles. The van der Waals surface area contributed by atoms with Crippen LogP contribution in [0.5, 0.6) is 0 Å². The Morgan fingerprint density at radius 3 is 2.83 bits per heavy atom. The van der Waals surface area contributed by atoms with Crippen LogP contribution in [-0.4, -0.2) is 50.6 Å². The summed E-state index contributed by atoms with van der Waals surface area (Å²) >= 11 is 0. The van der Waals surface area contributed by atoms with Crippen molar-refractivity contribution in [1.29, 1.82) is 0 Å². The number of benzene rings is 1. The molecule has 0 saturated heterocycles. The van der Waals surface area contributed by atoms with Gasteiger partial charge in [0.05, 0.1) is 11.7 Å². The van der Waals surface area contributed by atoms with Crippen molar-refractivity contribution in [1.82, 2.24) is 25.0 Å². The number of rotatable bonds is 4. The average Bonchev–Trinajstić information content (AvgIpc) is 3.37. The highest BCUT2D eigenvalue weighted by Gasteiger charge is 2.25. The summed E-state index contributed by atoms with van der Waals surface area (Å²) in [6, 6.07) is 9.32. The van der Waals surface area contributed by atoms with Crippen LogP contribution in [0.2, 0.25) is 0 Å². The Balaban J connectivity index is 1.37. The van der Waals surface area contributed by atoms with Gasteiger partial charge in [0.1, 0.15) is 6.33 Å². The molecule has 2 amide bonds. The van der Waals surface area contributed by atoms with Gasteiger partial charge in [-0.25, -0.2) is 9.67 Å². The van der Waals surface area contributed by atoms with E-state index in [4.69, 9.17) is 0 Å². The van der Waals surface area contributed by atoms with Gasteiger partial charge in [-0.1, -0.05) is 42.8 Å². The van der Waals surface area contributed by atoms with Crippen molar-refractivity contribution in [3.05, 3.63) is 66.3 Å². The zero-order valence-corrected chi connectivity index (χ0v) is 16.5. The molecule has 1 aromatic carbocycles. The Hall–Kier alpha value is -3.22. The first-order chi connectivity index (χ1) is 14.1. The van der Waals surface area contributed by atoms with Crippen LogP contribution in [-0.2, 0) is 4.79 Å². The van der Waals surface area contributed by atoms with Crippen molar-refractivity contribution in [2.45, 2.75) is 32.2 Å². The van der Waals surface area contributed by atoms with Crippen LogP contribution in [0.25, 0.3) is 5.69 Å². The second-order valence-electron chi connectivity index (χ2n) is 7.75. The van der Waals surface area contributed by atoms with Crippen LogP contribution in [0.3, 0.4) is 0 Å². The molecule has 0 bridgehead atoms. The van der Waals surface area contributed by atoms with Crippen molar-refractivity contribution in [2.24, 2.45) is 5.92 Å². The summed E-state index contributed by atoms with van der Waals surface area (Å²) in [4.78, 5) is 31.0. The van der Waals surface area contributed by atoms with Gasteiger partial charge < -0.3 is 10.2 Å². The number of amides is 2. The van der Waals surface area contributed by atoms with E-state index in [1.807, 2.05) is 42.5 Å². The summed E-state index contributed by atoms with van der Waals surface area (Å²) in [6.45, 7) is 3.09. The molecule has 4 rings (SSSR count). The lowest BCUT2D eigenvalue weighted by molar-refractivity contribution is -0.117. The molecule has 150 valence electrons. The fraction of sp³-hybridized carbons (Fsp3) is 0.364. The molecule has 2 aliphatic rings. The Morgan fingerprint density at radius 2 is 2.07 bits per heavy atom. The van der Waals surface area contributed by atoms with Crippen molar-refractivity contribution in [3.63, 3.8) is 0 Å². The van der Waals surface area contributed by atoms with Gasteiger partial charge in [-0.05, 0) is 37.3 Å². The zero-order valence-electron chi connectivity index (χ0n) is 16.5. The molecule has 1 aromatic heterocycles. The van der Waals surface area contributed by atoms with Crippen LogP contribution < -0.4 is 5.32 Å². The first kappa shape index (κ1) is 19.1. The summed E-state index contributed by atoms with van der Waals surface area (Å²) in [5, 5.41) is 7.30. The number of hydrogen-bond donors (Lipinski definition) is 1. The van der Waals surface area contributed by atoms with E-state index in [9.17, 15) is 9.59 Å². The largest absolute Gasteiger partial charge is 0.345 e. The lowest BCUT2D eigenvalue weighted by atomic mass is 10.1. The molecular weight excluding hydrogens is 366 g/mol. The topological polar surface area (TPSA) is 80.1 Å². The highest BCUT2D eigenvalue weighted by Crippen LogP contribution is 2.29. The van der Waals surface area contributed by atoms with Crippen molar-refractivity contribution >= 4 is 11.8 Å². The number of hydrogen-bond acceptors (Lipinski definition) is 4. The van der Waals surface area contributed by atoms with Gasteiger partial charge in [0, 0.05) is 19.2 Å². The molecule has 2 aromatic rings. The van der Waals surface area contributed by atoms with Gasteiger partial charge in [-0.2, -0.15) is 0 Å². The van der Waals surface area contributed by atoms with Crippen molar-refractivity contribution in [2.75, 3.05) is 13.1 Å². The summed E-state index contributed by atoms with van der Waals surface area (Å²) in [5.41, 5.74) is 2.05. The molecule has 1 N–H and O–H groups in total. The fourth-order valence-electron chi connectivity index (χ4n) is 3.82. The van der Waals surface area contributed by atoms with E-state index in [2.05, 4.69) is 22.3 Å². The van der Waals surface area contributed by atoms with Gasteiger partial charge in [-0.3, -0.25) is 9.59 Å². The Kier molecular flexibility index (Phi) is 5.55. The highest BCUT2D eigenvalue weighted by atomic mass is 16.2. The van der Waals surface area contributed by atoms with Crippen LogP contribution in [0.15, 0.2) is 60.5 Å². The molecule has 0 spiro atoms. The van der Waals surface area contributed by atoms with Crippen molar-refractivity contribution < 1.29 is 9.59 Å². The minimum Gasteiger partial charge on any atom is -0.345 e. The fourth-order valence-corrected chi connectivity index (χ4v) is 3.82. The third-order valence-corrected chi connectivity index (χ3v) is 5.33. The number of nitrogens with zero attached hydrogens (tertiary/aromatic N) is 4. The van der Waals surface area contributed by atoms with Crippen LogP contribution in [0.1, 0.15) is 36.8 Å². The van der Waals surface area contributed by atoms with Gasteiger partial charge in [-0.15, -0.1) is 5.10 Å². The molecule has 2 unspecified atom stereocenters. The Labute approximate surface area is 170 Å². The summed E-state index contributed by atoms with van der Waals surface area (Å²) in [5.74, 6) is 0.465. The van der Waals surface area contributed by atoms with Gasteiger partial charge in [0.25, 0.3) is 5.91 Å². The minimum atomic E-state index is -0.244. The van der Waals surface area contributed by atoms with E-state index in [0.717, 1.165) is 24.9 Å². The number of carbonyl (C=O) groups is 2. The van der Waals surface area contributed by atoms with E-state index < -0.39 is 0 Å². The van der Waals surface area contributed by atoms with Crippen LogP contribution >= 0.6 is 0 Å². The van der Waals surface area contributed by atoms with E-state index >= 15 is 0 Å². The Bertz CT molecular complexity index is 947. The standard InChI is InChI=1S/C22H25N5O2/c1-16-9-10-17(12-16)13-20(28)24-18-6-5-11-26(14-18)22(29)21-23-15-27(25-21)19-7-3-2-4-8-19/h2-8,13,15-16,18H,9-12,14H2,1H3,(H,24,28)/b17-13+. The van der Waals surface area contributed by atoms with Gasteiger partial charge in [0.2, 0.25) is 11.7 Å². The normalized spacial score (nSPS) is 22.8. The molecule has 7 heteroatoms. The minimum absolute atomic E-state index is 0.0930. The lowest BCUT2D eigenvalue weighted by Gasteiger charge is -2.28. The number of aromatic nitrogens is 3. The number of carbonyl (C=O) groups excluding carboxylic acids is 2. The van der Waals surface area contributed by atoms with Crippen molar-refractivity contribution in [3.8, 4) is 5.69 Å². The first-order valence-electron chi connectivity index (χ1n) is 10.0. The highest BCUT2D eigenvalue weighted by molar-refractivity contribution is 5.91. The summed E-state index contributed by atoms with van der Waals surface area (Å²) in [7, 11) is 0. The average molecular weight is 391 g/mol. The van der Waals surface area contributed by atoms with Gasteiger partial charge in [0.15, 0.2) is 0 Å². The summed E-state index contributed by atoms with van der Waals surface area (Å²) in [6.07, 6.45) is 10.2. The first-order valence-corrected chi connectivity index (χ1v) is 10.0. The van der Waals surface area contributed by atoms with Crippen LogP contribution in [0, 0.1) is 5.92 Å². The summed E-state index contributed by atoms with van der Waals surface area (Å²) < 4.78 is 1.58. The predicted octanol–water partition coefficient (Wildman–Crippen LogP) is 2.51.